The van der Waals surface area contributed by atoms with Gasteiger partial charge >= 0.3 is 0 Å². The molecule has 7 heteroatoms. The number of nitrogens with one attached hydrogen (secondary N) is 2. The van der Waals surface area contributed by atoms with Crippen LogP contribution in [0, 0.1) is 0 Å². The predicted octanol–water partition coefficient (Wildman–Crippen LogP) is 2.32. The number of benzene rings is 1. The molecule has 21 heavy (non-hydrogen) atoms. The number of hydrogen-bond donors (Lipinski definition) is 2. The van der Waals surface area contributed by atoms with Gasteiger partial charge in [-0.1, -0.05) is 11.6 Å². The molecule has 0 saturated heterocycles. The second kappa shape index (κ2) is 5.41. The van der Waals surface area contributed by atoms with Crippen molar-refractivity contribution in [3.8, 4) is 5.75 Å². The van der Waals surface area contributed by atoms with Gasteiger partial charge in [0.1, 0.15) is 5.75 Å². The van der Waals surface area contributed by atoms with Crippen molar-refractivity contribution in [1.82, 2.24) is 4.98 Å². The number of halogens is 1. The second-order valence-electron chi connectivity index (χ2n) is 4.36. The first-order chi connectivity index (χ1) is 10.1. The summed E-state index contributed by atoms with van der Waals surface area (Å²) in [5.74, 6) is -0.115. The number of hydrogen-bond acceptors (Lipinski definition) is 4. The Kier molecular flexibility index (Phi) is 3.45. The van der Waals surface area contributed by atoms with E-state index in [1.165, 1.54) is 12.3 Å². The molecular weight excluding hydrogens is 294 g/mol. The van der Waals surface area contributed by atoms with Crippen molar-refractivity contribution >= 4 is 34.8 Å². The molecule has 0 aliphatic carbocycles. The molecule has 0 spiro atoms. The van der Waals surface area contributed by atoms with E-state index in [0.717, 1.165) is 0 Å². The molecule has 0 radical (unpaired) electrons. The molecule has 2 heterocycles. The van der Waals surface area contributed by atoms with Crippen molar-refractivity contribution in [3.63, 3.8) is 0 Å². The van der Waals surface area contributed by atoms with Gasteiger partial charge in [0.05, 0.1) is 22.0 Å². The number of aromatic nitrogens is 1. The highest BCUT2D eigenvalue weighted by molar-refractivity contribution is 6.34. The Balaban J connectivity index is 1.86. The van der Waals surface area contributed by atoms with Crippen LogP contribution < -0.4 is 15.4 Å². The summed E-state index contributed by atoms with van der Waals surface area (Å²) in [6, 6.07) is 6.42. The summed E-state index contributed by atoms with van der Waals surface area (Å²) >= 11 is 6.10. The lowest BCUT2D eigenvalue weighted by molar-refractivity contribution is -0.118. The standard InChI is InChI=1S/C14H10ClN3O3/c15-9-4-11-12(21-7-13(19)17-11)5-10(9)18-14(20)8-2-1-3-16-6-8/h1-6H,7H2,(H,17,19)(H,18,20). The maximum absolute atomic E-state index is 12.1. The van der Waals surface area contributed by atoms with E-state index in [0.29, 0.717) is 27.7 Å². The molecule has 3 rings (SSSR count). The predicted molar refractivity (Wildman–Crippen MR) is 77.8 cm³/mol. The quantitative estimate of drug-likeness (QED) is 0.892. The third kappa shape index (κ3) is 2.80. The van der Waals surface area contributed by atoms with E-state index < -0.39 is 0 Å². The molecule has 1 aliphatic heterocycles. The summed E-state index contributed by atoms with van der Waals surface area (Å²) < 4.78 is 5.28. The SMILES string of the molecule is O=C1COc2cc(NC(=O)c3cccnc3)c(Cl)cc2N1. The van der Waals surface area contributed by atoms with Crippen molar-refractivity contribution < 1.29 is 14.3 Å². The van der Waals surface area contributed by atoms with Gasteiger partial charge in [-0.2, -0.15) is 0 Å². The molecule has 0 fully saturated rings. The van der Waals surface area contributed by atoms with Crippen LogP contribution in [-0.4, -0.2) is 23.4 Å². The first-order valence-electron chi connectivity index (χ1n) is 6.11. The van der Waals surface area contributed by atoms with Crippen LogP contribution in [0.5, 0.6) is 5.75 Å². The maximum atomic E-state index is 12.1. The van der Waals surface area contributed by atoms with Crippen molar-refractivity contribution in [1.29, 1.82) is 0 Å². The molecule has 1 aromatic carbocycles. The minimum absolute atomic E-state index is 0.0649. The normalized spacial score (nSPS) is 12.9. The summed E-state index contributed by atoms with van der Waals surface area (Å²) in [5, 5.41) is 5.63. The highest BCUT2D eigenvalue weighted by Gasteiger charge is 2.19. The fourth-order valence-corrected chi connectivity index (χ4v) is 2.10. The maximum Gasteiger partial charge on any atom is 0.262 e. The van der Waals surface area contributed by atoms with Gasteiger partial charge in [0.15, 0.2) is 6.61 Å². The Morgan fingerprint density at radius 3 is 3.05 bits per heavy atom. The minimum Gasteiger partial charge on any atom is -0.482 e. The average molecular weight is 304 g/mol. The van der Waals surface area contributed by atoms with Gasteiger partial charge < -0.3 is 15.4 Å². The lowest BCUT2D eigenvalue weighted by atomic mass is 10.2. The molecular formula is C14H10ClN3O3. The molecule has 1 aromatic heterocycles. The van der Waals surface area contributed by atoms with Crippen LogP contribution >= 0.6 is 11.6 Å². The highest BCUT2D eigenvalue weighted by Crippen LogP contribution is 2.36. The number of fused-ring (bicyclic) bond motifs is 1. The largest absolute Gasteiger partial charge is 0.482 e. The lowest BCUT2D eigenvalue weighted by Gasteiger charge is -2.19. The number of amides is 2. The Labute approximate surface area is 125 Å². The third-order valence-corrected chi connectivity index (χ3v) is 3.19. The Bertz CT molecular complexity index is 719. The van der Waals surface area contributed by atoms with Crippen LogP contribution in [0.4, 0.5) is 11.4 Å². The molecule has 2 amide bonds. The molecule has 6 nitrogen and oxygen atoms in total. The van der Waals surface area contributed by atoms with Gasteiger partial charge in [0.25, 0.3) is 11.8 Å². The van der Waals surface area contributed by atoms with Gasteiger partial charge in [0.2, 0.25) is 0 Å². The fraction of sp³-hybridized carbons (Fsp3) is 0.0714. The Morgan fingerprint density at radius 1 is 1.43 bits per heavy atom. The number of ether oxygens (including phenoxy) is 1. The smallest absolute Gasteiger partial charge is 0.262 e. The van der Waals surface area contributed by atoms with Gasteiger partial charge in [-0.05, 0) is 18.2 Å². The zero-order valence-corrected chi connectivity index (χ0v) is 11.5. The van der Waals surface area contributed by atoms with E-state index >= 15 is 0 Å². The molecule has 0 bridgehead atoms. The van der Waals surface area contributed by atoms with E-state index in [9.17, 15) is 9.59 Å². The first-order valence-corrected chi connectivity index (χ1v) is 6.49. The number of nitrogens with zero attached hydrogens (tertiary/aromatic N) is 1. The summed E-state index contributed by atoms with van der Waals surface area (Å²) in [7, 11) is 0. The number of carbonyl (C=O) groups is 2. The van der Waals surface area contributed by atoms with Gasteiger partial charge in [-0.15, -0.1) is 0 Å². The van der Waals surface area contributed by atoms with Crippen molar-refractivity contribution in [3.05, 3.63) is 47.2 Å². The van der Waals surface area contributed by atoms with Crippen LogP contribution in [0.2, 0.25) is 5.02 Å². The molecule has 106 valence electrons. The average Bonchev–Trinajstić information content (AvgIpc) is 2.49. The number of pyridine rings is 1. The lowest BCUT2D eigenvalue weighted by Crippen LogP contribution is -2.25. The molecule has 2 N–H and O–H groups in total. The molecule has 2 aromatic rings. The summed E-state index contributed by atoms with van der Waals surface area (Å²) in [6.45, 7) is -0.0649. The molecule has 1 aliphatic rings. The van der Waals surface area contributed by atoms with Crippen LogP contribution in [0.3, 0.4) is 0 Å². The summed E-state index contributed by atoms with van der Waals surface area (Å²) in [6.07, 6.45) is 3.04. The Morgan fingerprint density at radius 2 is 2.29 bits per heavy atom. The van der Waals surface area contributed by atoms with Crippen molar-refractivity contribution in [2.24, 2.45) is 0 Å². The van der Waals surface area contributed by atoms with Crippen molar-refractivity contribution in [2.75, 3.05) is 17.2 Å². The number of anilines is 2. The van der Waals surface area contributed by atoms with E-state index in [1.54, 1.807) is 24.4 Å². The second-order valence-corrected chi connectivity index (χ2v) is 4.77. The van der Waals surface area contributed by atoms with Gasteiger partial charge in [-0.25, -0.2) is 0 Å². The zero-order valence-electron chi connectivity index (χ0n) is 10.7. The highest BCUT2D eigenvalue weighted by atomic mass is 35.5. The van der Waals surface area contributed by atoms with Crippen LogP contribution in [-0.2, 0) is 4.79 Å². The molecule has 0 saturated carbocycles. The molecule has 0 atom stereocenters. The van der Waals surface area contributed by atoms with E-state index in [2.05, 4.69) is 15.6 Å². The third-order valence-electron chi connectivity index (χ3n) is 2.87. The number of rotatable bonds is 2. The van der Waals surface area contributed by atoms with Crippen molar-refractivity contribution in [2.45, 2.75) is 0 Å². The van der Waals surface area contributed by atoms with Gasteiger partial charge in [-0.3, -0.25) is 14.6 Å². The van der Waals surface area contributed by atoms with Crippen LogP contribution in [0.15, 0.2) is 36.7 Å². The molecule has 0 unspecified atom stereocenters. The Hall–Kier alpha value is -2.60. The monoisotopic (exact) mass is 303 g/mol. The summed E-state index contributed by atoms with van der Waals surface area (Å²) in [5.41, 5.74) is 1.30. The van der Waals surface area contributed by atoms with E-state index in [-0.39, 0.29) is 18.4 Å². The van der Waals surface area contributed by atoms with Gasteiger partial charge in [0, 0.05) is 18.5 Å². The fourth-order valence-electron chi connectivity index (χ4n) is 1.89. The topological polar surface area (TPSA) is 80.3 Å². The zero-order chi connectivity index (χ0) is 14.8. The summed E-state index contributed by atoms with van der Waals surface area (Å²) in [4.78, 5) is 27.2. The first kappa shape index (κ1) is 13.4. The minimum atomic E-state index is -0.329. The number of carbonyl (C=O) groups excluding carboxylic acids is 2. The van der Waals surface area contributed by atoms with Crippen LogP contribution in [0.25, 0.3) is 0 Å². The van der Waals surface area contributed by atoms with E-state index in [1.807, 2.05) is 0 Å². The van der Waals surface area contributed by atoms with E-state index in [4.69, 9.17) is 16.3 Å². The van der Waals surface area contributed by atoms with Crippen LogP contribution in [0.1, 0.15) is 10.4 Å².